The third-order valence-corrected chi connectivity index (χ3v) is 5.32. The molecule has 1 fully saturated rings. The van der Waals surface area contributed by atoms with Gasteiger partial charge >= 0.3 is 0 Å². The van der Waals surface area contributed by atoms with E-state index in [4.69, 9.17) is 0 Å². The monoisotopic (exact) mass is 331 g/mol. The lowest BCUT2D eigenvalue weighted by molar-refractivity contribution is 0.0698. The Bertz CT molecular complexity index is 695. The predicted molar refractivity (Wildman–Crippen MR) is 94.8 cm³/mol. The van der Waals surface area contributed by atoms with Crippen LogP contribution >= 0.6 is 11.3 Å². The van der Waals surface area contributed by atoms with Crippen molar-refractivity contribution < 1.29 is 4.79 Å². The second-order valence-corrected chi connectivity index (χ2v) is 8.92. The summed E-state index contributed by atoms with van der Waals surface area (Å²) in [5.41, 5.74) is 1.70. The molecule has 0 aromatic carbocycles. The van der Waals surface area contributed by atoms with Crippen LogP contribution in [0.2, 0.25) is 0 Å². The first kappa shape index (κ1) is 16.2. The van der Waals surface area contributed by atoms with Gasteiger partial charge in [0.05, 0.1) is 10.6 Å². The second kappa shape index (κ2) is 6.11. The first-order chi connectivity index (χ1) is 10.8. The van der Waals surface area contributed by atoms with Gasteiger partial charge in [0.25, 0.3) is 5.91 Å². The number of aromatic amines is 1. The summed E-state index contributed by atoms with van der Waals surface area (Å²) in [4.78, 5) is 17.2. The highest BCUT2D eigenvalue weighted by molar-refractivity contribution is 7.15. The number of amides is 1. The SMILES string of the molecule is Cc1ccc(-c2cc(C(=O)N3CCC[C@H]3CC(C)(C)C)n[nH]2)s1. The minimum Gasteiger partial charge on any atom is -0.334 e. The molecule has 0 bridgehead atoms. The van der Waals surface area contributed by atoms with Crippen LogP contribution in [0.4, 0.5) is 0 Å². The third kappa shape index (κ3) is 3.66. The molecule has 0 unspecified atom stereocenters. The lowest BCUT2D eigenvalue weighted by atomic mass is 9.87. The van der Waals surface area contributed by atoms with Gasteiger partial charge in [-0.05, 0) is 49.8 Å². The van der Waals surface area contributed by atoms with Gasteiger partial charge in [-0.2, -0.15) is 5.10 Å². The fourth-order valence-corrected chi connectivity index (χ4v) is 4.14. The van der Waals surface area contributed by atoms with Crippen LogP contribution in [0, 0.1) is 12.3 Å². The van der Waals surface area contributed by atoms with E-state index in [1.54, 1.807) is 11.3 Å². The van der Waals surface area contributed by atoms with E-state index in [0.717, 1.165) is 36.4 Å². The Hall–Kier alpha value is -1.62. The Kier molecular flexibility index (Phi) is 4.32. The van der Waals surface area contributed by atoms with Gasteiger partial charge in [-0.15, -0.1) is 11.3 Å². The van der Waals surface area contributed by atoms with E-state index in [1.165, 1.54) is 4.88 Å². The lowest BCUT2D eigenvalue weighted by Crippen LogP contribution is -2.37. The quantitative estimate of drug-likeness (QED) is 0.901. The summed E-state index contributed by atoms with van der Waals surface area (Å²) in [7, 11) is 0. The van der Waals surface area contributed by atoms with E-state index in [0.29, 0.717) is 11.7 Å². The molecule has 0 saturated carbocycles. The number of H-pyrrole nitrogens is 1. The van der Waals surface area contributed by atoms with Crippen molar-refractivity contribution in [3.05, 3.63) is 28.8 Å². The van der Waals surface area contributed by atoms with Crippen LogP contribution in [0.3, 0.4) is 0 Å². The molecule has 1 saturated heterocycles. The van der Waals surface area contributed by atoms with Crippen molar-refractivity contribution in [2.24, 2.45) is 5.41 Å². The largest absolute Gasteiger partial charge is 0.334 e. The number of likely N-dealkylation sites (tertiary alicyclic amines) is 1. The van der Waals surface area contributed by atoms with Gasteiger partial charge in [-0.3, -0.25) is 9.89 Å². The normalized spacial score (nSPS) is 18.6. The first-order valence-electron chi connectivity index (χ1n) is 8.27. The zero-order valence-electron chi connectivity index (χ0n) is 14.3. The summed E-state index contributed by atoms with van der Waals surface area (Å²) in [5.74, 6) is 0.0625. The number of nitrogens with zero attached hydrogens (tertiary/aromatic N) is 2. The molecule has 1 amide bonds. The molecule has 2 aromatic rings. The molecule has 1 atom stereocenters. The van der Waals surface area contributed by atoms with Crippen LogP contribution in [-0.2, 0) is 0 Å². The number of aromatic nitrogens is 2. The number of carbonyl (C=O) groups excluding carboxylic acids is 1. The van der Waals surface area contributed by atoms with E-state index in [1.807, 2.05) is 11.0 Å². The van der Waals surface area contributed by atoms with Crippen LogP contribution in [0.5, 0.6) is 0 Å². The zero-order valence-corrected chi connectivity index (χ0v) is 15.2. The topological polar surface area (TPSA) is 49.0 Å². The molecule has 2 aromatic heterocycles. The molecule has 3 rings (SSSR count). The maximum Gasteiger partial charge on any atom is 0.274 e. The van der Waals surface area contributed by atoms with Crippen LogP contribution in [0.1, 0.15) is 55.4 Å². The third-order valence-electron chi connectivity index (χ3n) is 4.29. The van der Waals surface area contributed by atoms with E-state index >= 15 is 0 Å². The highest BCUT2D eigenvalue weighted by atomic mass is 32.1. The molecule has 4 nitrogen and oxygen atoms in total. The molecule has 124 valence electrons. The summed E-state index contributed by atoms with van der Waals surface area (Å²) in [6, 6.07) is 6.38. The van der Waals surface area contributed by atoms with Crippen molar-refractivity contribution in [2.75, 3.05) is 6.54 Å². The predicted octanol–water partition coefficient (Wildman–Crippen LogP) is 4.49. The summed E-state index contributed by atoms with van der Waals surface area (Å²) < 4.78 is 0. The van der Waals surface area contributed by atoms with Gasteiger partial charge in [-0.25, -0.2) is 0 Å². The number of carbonyl (C=O) groups is 1. The summed E-state index contributed by atoms with van der Waals surface area (Å²) >= 11 is 1.71. The highest BCUT2D eigenvalue weighted by Crippen LogP contribution is 2.31. The average Bonchev–Trinajstić information content (AvgIpc) is 3.15. The first-order valence-corrected chi connectivity index (χ1v) is 9.08. The Morgan fingerprint density at radius 3 is 2.87 bits per heavy atom. The number of rotatable bonds is 3. The number of hydrogen-bond acceptors (Lipinski definition) is 3. The van der Waals surface area contributed by atoms with E-state index < -0.39 is 0 Å². The van der Waals surface area contributed by atoms with E-state index in [-0.39, 0.29) is 11.3 Å². The molecule has 0 radical (unpaired) electrons. The second-order valence-electron chi connectivity index (χ2n) is 7.64. The molecule has 1 aliphatic heterocycles. The molecule has 3 heterocycles. The molecular weight excluding hydrogens is 306 g/mol. The van der Waals surface area contributed by atoms with Crippen molar-refractivity contribution in [3.63, 3.8) is 0 Å². The van der Waals surface area contributed by atoms with Crippen molar-refractivity contribution in [3.8, 4) is 10.6 Å². The zero-order chi connectivity index (χ0) is 16.6. The van der Waals surface area contributed by atoms with Gasteiger partial charge in [0.2, 0.25) is 0 Å². The molecule has 1 aliphatic rings. The molecular formula is C18H25N3OS. The highest BCUT2D eigenvalue weighted by Gasteiger charge is 2.33. The van der Waals surface area contributed by atoms with E-state index in [2.05, 4.69) is 50.0 Å². The number of hydrogen-bond donors (Lipinski definition) is 1. The van der Waals surface area contributed by atoms with Crippen molar-refractivity contribution in [1.29, 1.82) is 0 Å². The number of aryl methyl sites for hydroxylation is 1. The Morgan fingerprint density at radius 2 is 2.22 bits per heavy atom. The van der Waals surface area contributed by atoms with Crippen LogP contribution in [-0.4, -0.2) is 33.6 Å². The van der Waals surface area contributed by atoms with Crippen molar-refractivity contribution >= 4 is 17.2 Å². The Balaban J connectivity index is 1.76. The molecule has 0 spiro atoms. The van der Waals surface area contributed by atoms with Crippen molar-refractivity contribution in [1.82, 2.24) is 15.1 Å². The number of thiophene rings is 1. The maximum atomic E-state index is 12.8. The number of nitrogens with one attached hydrogen (secondary N) is 1. The smallest absolute Gasteiger partial charge is 0.274 e. The Morgan fingerprint density at radius 1 is 1.43 bits per heavy atom. The van der Waals surface area contributed by atoms with Crippen LogP contribution in [0.25, 0.3) is 10.6 Å². The van der Waals surface area contributed by atoms with Gasteiger partial charge in [0.1, 0.15) is 0 Å². The van der Waals surface area contributed by atoms with Gasteiger partial charge < -0.3 is 4.90 Å². The van der Waals surface area contributed by atoms with Crippen molar-refractivity contribution in [2.45, 2.75) is 53.0 Å². The fourth-order valence-electron chi connectivity index (χ4n) is 3.31. The molecule has 5 heteroatoms. The molecule has 0 aliphatic carbocycles. The van der Waals surface area contributed by atoms with Crippen LogP contribution < -0.4 is 0 Å². The lowest BCUT2D eigenvalue weighted by Gasteiger charge is -2.29. The molecule has 23 heavy (non-hydrogen) atoms. The minimum absolute atomic E-state index is 0.0625. The summed E-state index contributed by atoms with van der Waals surface area (Å²) in [6.07, 6.45) is 3.23. The standard InChI is InChI=1S/C18H25N3OS/c1-12-7-8-16(23-12)14-10-15(20-19-14)17(22)21-9-5-6-13(21)11-18(2,3)4/h7-8,10,13H,5-6,9,11H2,1-4H3,(H,19,20)/t13-/m0/s1. The van der Waals surface area contributed by atoms with Crippen LogP contribution in [0.15, 0.2) is 18.2 Å². The Labute approximate surface area is 141 Å². The minimum atomic E-state index is 0.0625. The fraction of sp³-hybridized carbons (Fsp3) is 0.556. The summed E-state index contributed by atoms with van der Waals surface area (Å²) in [5, 5.41) is 7.28. The van der Waals surface area contributed by atoms with Gasteiger partial charge in [0.15, 0.2) is 5.69 Å². The average molecular weight is 331 g/mol. The van der Waals surface area contributed by atoms with E-state index in [9.17, 15) is 4.79 Å². The summed E-state index contributed by atoms with van der Waals surface area (Å²) in [6.45, 7) is 9.64. The molecule has 1 N–H and O–H groups in total. The van der Waals surface area contributed by atoms with Gasteiger partial charge in [-0.1, -0.05) is 20.8 Å². The maximum absolute atomic E-state index is 12.8. The van der Waals surface area contributed by atoms with Gasteiger partial charge in [0, 0.05) is 17.5 Å².